The summed E-state index contributed by atoms with van der Waals surface area (Å²) in [6.07, 6.45) is 22.6. The molecule has 0 N–H and O–H groups in total. The Morgan fingerprint density at radius 3 is 2.48 bits per heavy atom. The van der Waals surface area contributed by atoms with Gasteiger partial charge in [-0.2, -0.15) is 0 Å². The Kier molecular flexibility index (Phi) is 8.87. The molecule has 7 atom stereocenters. The maximum atomic E-state index is 12.0. The molecule has 0 spiro atoms. The number of hydrogen-bond donors (Lipinski definition) is 0. The summed E-state index contributed by atoms with van der Waals surface area (Å²) in [6.45, 7) is 5.96. The smallest absolute Gasteiger partial charge is 0.155 e. The lowest BCUT2D eigenvalue weighted by Gasteiger charge is -2.56. The molecule has 3 nitrogen and oxygen atoms in total. The molecule has 0 bridgehead atoms. The van der Waals surface area contributed by atoms with Crippen LogP contribution in [-0.2, 0) is 14.3 Å². The van der Waals surface area contributed by atoms with E-state index in [4.69, 9.17) is 4.74 Å². The Morgan fingerprint density at radius 2 is 1.73 bits per heavy atom. The number of aldehydes is 1. The molecule has 0 amide bonds. The normalized spacial score (nSPS) is 37.8. The molecule has 3 saturated carbocycles. The van der Waals surface area contributed by atoms with Crippen molar-refractivity contribution in [3.05, 3.63) is 11.6 Å². The number of rotatable bonds is 12. The second kappa shape index (κ2) is 11.6. The first-order chi connectivity index (χ1) is 16.0. The minimum atomic E-state index is 0.364. The summed E-state index contributed by atoms with van der Waals surface area (Å²) in [5, 5.41) is 0. The first kappa shape index (κ1) is 25.1. The van der Waals surface area contributed by atoms with E-state index in [9.17, 15) is 9.59 Å². The van der Waals surface area contributed by atoms with Crippen LogP contribution in [0.25, 0.3) is 0 Å². The first-order valence-electron chi connectivity index (χ1n) is 14.3. The van der Waals surface area contributed by atoms with E-state index in [0.717, 1.165) is 62.8 Å². The molecule has 186 valence electrons. The average Bonchev–Trinajstić information content (AvgIpc) is 3.13. The Morgan fingerprint density at radius 1 is 1.00 bits per heavy atom. The van der Waals surface area contributed by atoms with Crippen LogP contribution in [-0.4, -0.2) is 24.8 Å². The Hall–Kier alpha value is -0.960. The van der Waals surface area contributed by atoms with Crippen molar-refractivity contribution < 1.29 is 14.3 Å². The van der Waals surface area contributed by atoms with Gasteiger partial charge >= 0.3 is 0 Å². The zero-order valence-corrected chi connectivity index (χ0v) is 21.4. The number of carbonyl (C=O) groups is 2. The lowest BCUT2D eigenvalue weighted by molar-refractivity contribution is -0.117. The van der Waals surface area contributed by atoms with Gasteiger partial charge in [0.1, 0.15) is 6.29 Å². The number of fused-ring (bicyclic) bond motifs is 5. The molecule has 0 radical (unpaired) electrons. The molecular weight excluding hydrogens is 408 g/mol. The highest BCUT2D eigenvalue weighted by Crippen LogP contribution is 2.63. The lowest BCUT2D eigenvalue weighted by atomic mass is 9.49. The van der Waals surface area contributed by atoms with Crippen molar-refractivity contribution in [1.82, 2.24) is 0 Å². The van der Waals surface area contributed by atoms with E-state index < -0.39 is 0 Å². The van der Waals surface area contributed by atoms with Crippen LogP contribution in [0, 0.1) is 35.0 Å². The molecule has 0 aliphatic heterocycles. The lowest BCUT2D eigenvalue weighted by Crippen LogP contribution is -2.50. The molecule has 0 unspecified atom stereocenters. The summed E-state index contributed by atoms with van der Waals surface area (Å²) in [7, 11) is 0. The van der Waals surface area contributed by atoms with E-state index in [2.05, 4.69) is 13.8 Å². The van der Waals surface area contributed by atoms with Crippen LogP contribution in [0.1, 0.15) is 117 Å². The second-order valence-corrected chi connectivity index (χ2v) is 12.1. The summed E-state index contributed by atoms with van der Waals surface area (Å²) in [5.74, 6) is 4.23. The predicted octanol–water partition coefficient (Wildman–Crippen LogP) is 7.47. The molecule has 4 aliphatic carbocycles. The van der Waals surface area contributed by atoms with Gasteiger partial charge in [0.15, 0.2) is 5.78 Å². The molecule has 33 heavy (non-hydrogen) atoms. The predicted molar refractivity (Wildman–Crippen MR) is 134 cm³/mol. The molecular formula is C30H48O3. The fourth-order valence-corrected chi connectivity index (χ4v) is 8.43. The van der Waals surface area contributed by atoms with E-state index in [1.807, 2.05) is 6.08 Å². The van der Waals surface area contributed by atoms with E-state index in [0.29, 0.717) is 29.1 Å². The monoisotopic (exact) mass is 456 g/mol. The van der Waals surface area contributed by atoms with Crippen LogP contribution in [0.3, 0.4) is 0 Å². The molecule has 3 heteroatoms. The van der Waals surface area contributed by atoms with E-state index in [-0.39, 0.29) is 0 Å². The number of ketones is 1. The van der Waals surface area contributed by atoms with Crippen molar-refractivity contribution in [3.8, 4) is 0 Å². The van der Waals surface area contributed by atoms with Crippen LogP contribution in [0.4, 0.5) is 0 Å². The van der Waals surface area contributed by atoms with Crippen molar-refractivity contribution in [2.24, 2.45) is 35.0 Å². The van der Waals surface area contributed by atoms with Crippen LogP contribution in [0.2, 0.25) is 0 Å². The van der Waals surface area contributed by atoms with Gasteiger partial charge in [-0.05, 0) is 92.4 Å². The highest BCUT2D eigenvalue weighted by atomic mass is 16.5. The number of unbranched alkanes of at least 4 members (excludes halogenated alkanes) is 8. The maximum Gasteiger partial charge on any atom is 0.155 e. The zero-order chi connectivity index (χ0) is 23.3. The van der Waals surface area contributed by atoms with Gasteiger partial charge in [0, 0.05) is 19.4 Å². The molecule has 0 aromatic rings. The van der Waals surface area contributed by atoms with E-state index in [1.54, 1.807) is 0 Å². The highest BCUT2D eigenvalue weighted by molar-refractivity contribution is 5.91. The largest absolute Gasteiger partial charge is 0.378 e. The number of hydrogen-bond acceptors (Lipinski definition) is 3. The Balaban J connectivity index is 1.20. The molecule has 4 aliphatic rings. The molecule has 0 aromatic heterocycles. The quantitative estimate of drug-likeness (QED) is 0.226. The molecule has 4 rings (SSSR count). The highest BCUT2D eigenvalue weighted by Gasteiger charge is 2.58. The van der Waals surface area contributed by atoms with Gasteiger partial charge in [-0.1, -0.05) is 57.9 Å². The maximum absolute atomic E-state index is 12.0. The molecule has 0 aromatic carbocycles. The fourth-order valence-electron chi connectivity index (χ4n) is 8.43. The number of carbonyl (C=O) groups excluding carboxylic acids is 2. The summed E-state index contributed by atoms with van der Waals surface area (Å²) in [4.78, 5) is 22.4. The van der Waals surface area contributed by atoms with Gasteiger partial charge in [0.2, 0.25) is 0 Å². The number of allylic oxidation sites excluding steroid dienone is 1. The molecule has 0 saturated heterocycles. The molecule has 0 heterocycles. The third kappa shape index (κ3) is 5.65. The van der Waals surface area contributed by atoms with Crippen LogP contribution < -0.4 is 0 Å². The molecule has 3 fully saturated rings. The SMILES string of the molecule is C[C@@H]1CC2=CC(=O)CC[C@@H]2[C@H]2CC[C@]3(C)[C@@H](OCCCCCCCCCCC=O)CC[C@H]3[C@@H]21. The zero-order valence-electron chi connectivity index (χ0n) is 21.4. The van der Waals surface area contributed by atoms with Crippen molar-refractivity contribution in [1.29, 1.82) is 0 Å². The second-order valence-electron chi connectivity index (χ2n) is 12.1. The Labute approximate surface area is 202 Å². The van der Waals surface area contributed by atoms with Crippen molar-refractivity contribution >= 4 is 12.1 Å². The minimum Gasteiger partial charge on any atom is -0.378 e. The topological polar surface area (TPSA) is 43.4 Å². The van der Waals surface area contributed by atoms with Gasteiger partial charge in [0.05, 0.1) is 6.10 Å². The Bertz CT molecular complexity index is 697. The van der Waals surface area contributed by atoms with Gasteiger partial charge in [-0.3, -0.25) is 4.79 Å². The summed E-state index contributed by atoms with van der Waals surface area (Å²) in [5.41, 5.74) is 1.86. The van der Waals surface area contributed by atoms with Gasteiger partial charge in [-0.25, -0.2) is 0 Å². The van der Waals surface area contributed by atoms with E-state index in [1.165, 1.54) is 76.2 Å². The van der Waals surface area contributed by atoms with Gasteiger partial charge in [0.25, 0.3) is 0 Å². The van der Waals surface area contributed by atoms with Crippen LogP contribution in [0.5, 0.6) is 0 Å². The third-order valence-electron chi connectivity index (χ3n) is 10.1. The van der Waals surface area contributed by atoms with Crippen LogP contribution in [0.15, 0.2) is 11.6 Å². The van der Waals surface area contributed by atoms with Crippen molar-refractivity contribution in [3.63, 3.8) is 0 Å². The van der Waals surface area contributed by atoms with E-state index >= 15 is 0 Å². The van der Waals surface area contributed by atoms with Crippen molar-refractivity contribution in [2.45, 2.75) is 123 Å². The summed E-state index contributed by atoms with van der Waals surface area (Å²) >= 11 is 0. The summed E-state index contributed by atoms with van der Waals surface area (Å²) < 4.78 is 6.59. The standard InChI is InChI=1S/C30H48O3/c1-22-20-23-21-24(32)12-13-25(23)26-16-17-30(2)27(29(22)26)14-15-28(30)33-19-11-9-7-5-3-4-6-8-10-18-31/h18,21-22,25-29H,3-17,19-20H2,1-2H3/t22-,25+,26-,27+,28+,29-,30+/m1/s1. The first-order valence-corrected chi connectivity index (χ1v) is 14.3. The minimum absolute atomic E-state index is 0.364. The van der Waals surface area contributed by atoms with Crippen molar-refractivity contribution in [2.75, 3.05) is 6.61 Å². The van der Waals surface area contributed by atoms with Gasteiger partial charge in [-0.15, -0.1) is 0 Å². The fraction of sp³-hybridized carbons (Fsp3) is 0.867. The third-order valence-corrected chi connectivity index (χ3v) is 10.1. The van der Waals surface area contributed by atoms with Gasteiger partial charge < -0.3 is 9.53 Å². The number of ether oxygens (including phenoxy) is 1. The average molecular weight is 457 g/mol. The van der Waals surface area contributed by atoms with Crippen LogP contribution >= 0.6 is 0 Å². The summed E-state index contributed by atoms with van der Waals surface area (Å²) in [6, 6.07) is 0.